The van der Waals surface area contributed by atoms with Crippen molar-refractivity contribution < 1.29 is 18.7 Å². The summed E-state index contributed by atoms with van der Waals surface area (Å²) >= 11 is 0. The van der Waals surface area contributed by atoms with Gasteiger partial charge in [0.05, 0.1) is 31.7 Å². The Balaban J connectivity index is 1.61. The van der Waals surface area contributed by atoms with Gasteiger partial charge in [-0.1, -0.05) is 17.7 Å². The molecule has 34 heavy (non-hydrogen) atoms. The summed E-state index contributed by atoms with van der Waals surface area (Å²) in [5.74, 6) is 0.857. The lowest BCUT2D eigenvalue weighted by molar-refractivity contribution is 0.0361. The third-order valence-corrected chi connectivity index (χ3v) is 6.00. The van der Waals surface area contributed by atoms with Crippen LogP contribution in [0.15, 0.2) is 57.9 Å². The van der Waals surface area contributed by atoms with Crippen LogP contribution in [0.3, 0.4) is 0 Å². The number of pyridine rings is 1. The molecule has 8 nitrogen and oxygen atoms in total. The van der Waals surface area contributed by atoms with Crippen LogP contribution in [0.25, 0.3) is 0 Å². The first-order valence-electron chi connectivity index (χ1n) is 11.5. The van der Waals surface area contributed by atoms with Gasteiger partial charge in [0.1, 0.15) is 23.7 Å². The molecule has 1 saturated heterocycles. The summed E-state index contributed by atoms with van der Waals surface area (Å²) in [7, 11) is 0. The van der Waals surface area contributed by atoms with E-state index in [1.165, 1.54) is 6.07 Å². The molecule has 0 saturated carbocycles. The van der Waals surface area contributed by atoms with Gasteiger partial charge >= 0.3 is 0 Å². The first-order chi connectivity index (χ1) is 16.5. The van der Waals surface area contributed by atoms with E-state index in [-0.39, 0.29) is 24.1 Å². The molecule has 1 aromatic carbocycles. The maximum Gasteiger partial charge on any atom is 0.257 e. The zero-order chi connectivity index (χ0) is 23.9. The third-order valence-electron chi connectivity index (χ3n) is 6.00. The number of hydrogen-bond acceptors (Lipinski definition) is 6. The van der Waals surface area contributed by atoms with Crippen LogP contribution in [0.1, 0.15) is 33.1 Å². The Kier molecular flexibility index (Phi) is 7.82. The lowest BCUT2D eigenvalue weighted by Gasteiger charge is -2.28. The molecule has 3 heterocycles. The fourth-order valence-corrected chi connectivity index (χ4v) is 4.06. The summed E-state index contributed by atoms with van der Waals surface area (Å²) in [5.41, 5.74) is 2.27. The largest absolute Gasteiger partial charge is 0.487 e. The van der Waals surface area contributed by atoms with Crippen LogP contribution in [-0.2, 0) is 24.4 Å². The van der Waals surface area contributed by atoms with E-state index in [9.17, 15) is 9.59 Å². The molecule has 0 bridgehead atoms. The Morgan fingerprint density at radius 2 is 1.85 bits per heavy atom. The van der Waals surface area contributed by atoms with Crippen molar-refractivity contribution in [3.8, 4) is 5.75 Å². The Bertz CT molecular complexity index is 1150. The number of aromatic nitrogens is 1. The molecule has 1 N–H and O–H groups in total. The normalized spacial score (nSPS) is 14.2. The quantitative estimate of drug-likeness (QED) is 0.523. The van der Waals surface area contributed by atoms with Gasteiger partial charge in [0.25, 0.3) is 5.91 Å². The van der Waals surface area contributed by atoms with Crippen molar-refractivity contribution in [1.82, 2.24) is 14.8 Å². The van der Waals surface area contributed by atoms with Crippen LogP contribution in [-0.4, -0.2) is 48.2 Å². The highest BCUT2D eigenvalue weighted by Gasteiger charge is 2.22. The molecule has 8 heteroatoms. The number of rotatable bonds is 9. The lowest BCUT2D eigenvalue weighted by atomic mass is 10.1. The molecule has 1 aliphatic rings. The number of carbonyl (C=O) groups excluding carboxylic acids is 1. The first kappa shape index (κ1) is 23.8. The predicted octanol–water partition coefficient (Wildman–Crippen LogP) is 2.90. The molecular formula is C26H31N3O5. The maximum atomic E-state index is 13.2. The number of furan rings is 1. The van der Waals surface area contributed by atoms with Gasteiger partial charge in [-0.2, -0.15) is 0 Å². The number of carbonyl (C=O) groups is 1. The summed E-state index contributed by atoms with van der Waals surface area (Å²) in [6, 6.07) is 12.8. The smallest absolute Gasteiger partial charge is 0.257 e. The van der Waals surface area contributed by atoms with E-state index < -0.39 is 5.91 Å². The standard InChI is InChI=1S/C26H31N3O5/c1-19-5-7-21(8-6-19)34-18-23-25(26(31)27-17-22-4-3-13-33-22)24(30)16-20(2)29(23)10-9-28-11-14-32-15-12-28/h3-8,13,16H,9-12,14-15,17-18H2,1-2H3,(H,27,31). The highest BCUT2D eigenvalue weighted by Crippen LogP contribution is 2.17. The lowest BCUT2D eigenvalue weighted by Crippen LogP contribution is -2.39. The minimum absolute atomic E-state index is 0.103. The highest BCUT2D eigenvalue weighted by molar-refractivity contribution is 5.95. The van der Waals surface area contributed by atoms with Crippen molar-refractivity contribution in [3.63, 3.8) is 0 Å². The van der Waals surface area contributed by atoms with Gasteiger partial charge in [-0.25, -0.2) is 0 Å². The average molecular weight is 466 g/mol. The number of amides is 1. The maximum absolute atomic E-state index is 13.2. The van der Waals surface area contributed by atoms with Crippen molar-refractivity contribution in [2.24, 2.45) is 0 Å². The Morgan fingerprint density at radius 3 is 2.56 bits per heavy atom. The number of nitrogens with one attached hydrogen (secondary N) is 1. The van der Waals surface area contributed by atoms with Gasteiger partial charge in [-0.15, -0.1) is 0 Å². The van der Waals surface area contributed by atoms with Crippen molar-refractivity contribution in [3.05, 3.63) is 87.2 Å². The van der Waals surface area contributed by atoms with E-state index in [0.29, 0.717) is 37.0 Å². The second-order valence-electron chi connectivity index (χ2n) is 8.44. The van der Waals surface area contributed by atoms with E-state index in [1.807, 2.05) is 42.7 Å². The Hall–Kier alpha value is -3.36. The molecular weight excluding hydrogens is 434 g/mol. The number of benzene rings is 1. The minimum Gasteiger partial charge on any atom is -0.487 e. The van der Waals surface area contributed by atoms with Crippen molar-refractivity contribution in [1.29, 1.82) is 0 Å². The summed E-state index contributed by atoms with van der Waals surface area (Å²) in [5, 5.41) is 2.81. The Morgan fingerprint density at radius 1 is 1.09 bits per heavy atom. The number of morpholine rings is 1. The van der Waals surface area contributed by atoms with Gasteiger partial charge in [-0.05, 0) is 38.1 Å². The fraction of sp³-hybridized carbons (Fsp3) is 0.385. The molecule has 0 aliphatic carbocycles. The van der Waals surface area contributed by atoms with Gasteiger partial charge in [0, 0.05) is 37.9 Å². The number of nitrogens with zero attached hydrogens (tertiary/aromatic N) is 2. The van der Waals surface area contributed by atoms with E-state index in [1.54, 1.807) is 18.4 Å². The van der Waals surface area contributed by atoms with E-state index in [4.69, 9.17) is 13.9 Å². The summed E-state index contributed by atoms with van der Waals surface area (Å²) in [6.07, 6.45) is 1.55. The fourth-order valence-electron chi connectivity index (χ4n) is 4.06. The summed E-state index contributed by atoms with van der Waals surface area (Å²) < 4.78 is 18.8. The van der Waals surface area contributed by atoms with Crippen LogP contribution < -0.4 is 15.5 Å². The topological polar surface area (TPSA) is 85.9 Å². The van der Waals surface area contributed by atoms with Gasteiger partial charge in [-0.3, -0.25) is 14.5 Å². The minimum atomic E-state index is -0.441. The van der Waals surface area contributed by atoms with Crippen LogP contribution in [0.2, 0.25) is 0 Å². The van der Waals surface area contributed by atoms with E-state index in [2.05, 4.69) is 10.2 Å². The summed E-state index contributed by atoms with van der Waals surface area (Å²) in [6.45, 7) is 8.79. The van der Waals surface area contributed by atoms with E-state index in [0.717, 1.165) is 30.9 Å². The molecule has 1 amide bonds. The molecule has 0 atom stereocenters. The van der Waals surface area contributed by atoms with Crippen molar-refractivity contribution >= 4 is 5.91 Å². The van der Waals surface area contributed by atoms with Gasteiger partial charge in [0.2, 0.25) is 0 Å². The second-order valence-corrected chi connectivity index (χ2v) is 8.44. The summed E-state index contributed by atoms with van der Waals surface area (Å²) in [4.78, 5) is 28.5. The molecule has 1 aliphatic heterocycles. The monoisotopic (exact) mass is 465 g/mol. The van der Waals surface area contributed by atoms with Crippen LogP contribution in [0.5, 0.6) is 5.75 Å². The van der Waals surface area contributed by atoms with Crippen LogP contribution in [0.4, 0.5) is 0 Å². The van der Waals surface area contributed by atoms with Crippen molar-refractivity contribution in [2.45, 2.75) is 33.5 Å². The zero-order valence-electron chi connectivity index (χ0n) is 19.7. The van der Waals surface area contributed by atoms with E-state index >= 15 is 0 Å². The molecule has 4 rings (SSSR count). The first-order valence-corrected chi connectivity index (χ1v) is 11.5. The SMILES string of the molecule is Cc1ccc(OCc2c(C(=O)NCc3ccco3)c(=O)cc(C)n2CCN2CCOCC2)cc1. The van der Waals surface area contributed by atoms with Gasteiger partial charge < -0.3 is 23.8 Å². The predicted molar refractivity (Wildman–Crippen MR) is 128 cm³/mol. The number of aryl methyl sites for hydroxylation is 2. The third kappa shape index (κ3) is 5.95. The molecule has 180 valence electrons. The molecule has 0 radical (unpaired) electrons. The molecule has 2 aromatic heterocycles. The van der Waals surface area contributed by atoms with Gasteiger partial charge in [0.15, 0.2) is 5.43 Å². The number of ether oxygens (including phenoxy) is 2. The second kappa shape index (κ2) is 11.2. The average Bonchev–Trinajstić information content (AvgIpc) is 3.36. The molecule has 0 spiro atoms. The highest BCUT2D eigenvalue weighted by atomic mass is 16.5. The molecule has 1 fully saturated rings. The van der Waals surface area contributed by atoms with Crippen molar-refractivity contribution in [2.75, 3.05) is 32.8 Å². The zero-order valence-corrected chi connectivity index (χ0v) is 19.7. The molecule has 3 aromatic rings. The Labute approximate surface area is 199 Å². The molecule has 0 unspecified atom stereocenters. The van der Waals surface area contributed by atoms with Crippen LogP contribution in [0, 0.1) is 13.8 Å². The number of hydrogen-bond donors (Lipinski definition) is 1. The van der Waals surface area contributed by atoms with Crippen LogP contribution >= 0.6 is 0 Å².